The van der Waals surface area contributed by atoms with Gasteiger partial charge in [0.15, 0.2) is 11.5 Å². The number of halogens is 1. The Morgan fingerprint density at radius 1 is 1.22 bits per heavy atom. The Bertz CT molecular complexity index is 981. The van der Waals surface area contributed by atoms with Gasteiger partial charge in [0.25, 0.3) is 5.91 Å². The molecule has 2 N–H and O–H groups in total. The summed E-state index contributed by atoms with van der Waals surface area (Å²) >= 11 is 6.19. The predicted molar refractivity (Wildman–Crippen MR) is 104 cm³/mol. The first kappa shape index (κ1) is 18.8. The normalized spacial score (nSPS) is 10.7. The summed E-state index contributed by atoms with van der Waals surface area (Å²) < 4.78 is 6.82. The Labute approximate surface area is 162 Å². The zero-order valence-corrected chi connectivity index (χ0v) is 16.0. The van der Waals surface area contributed by atoms with Gasteiger partial charge < -0.3 is 15.2 Å². The number of phenolic OH excluding ortho intramolecular Hbond substituents is 1. The number of methoxy groups -OCH3 is 1. The van der Waals surface area contributed by atoms with Crippen molar-refractivity contribution in [2.45, 2.75) is 20.4 Å². The van der Waals surface area contributed by atoms with Crippen LogP contribution in [0.25, 0.3) is 5.69 Å². The zero-order chi connectivity index (χ0) is 19.6. The second kappa shape index (κ2) is 7.72. The Kier molecular flexibility index (Phi) is 5.37. The zero-order valence-electron chi connectivity index (χ0n) is 15.3. The third-order valence-corrected chi connectivity index (χ3v) is 4.82. The van der Waals surface area contributed by atoms with Crippen molar-refractivity contribution < 1.29 is 14.6 Å². The van der Waals surface area contributed by atoms with E-state index in [2.05, 4.69) is 10.4 Å². The number of hydrogen-bond donors (Lipinski definition) is 2. The SMILES string of the molecule is COc1cc(CNC(=O)c2ccc(-n3nc(C)c(Cl)c3C)cc2)ccc1O. The van der Waals surface area contributed by atoms with Crippen molar-refractivity contribution in [1.29, 1.82) is 0 Å². The average molecular weight is 386 g/mol. The van der Waals surface area contributed by atoms with Crippen molar-refractivity contribution in [2.75, 3.05) is 7.11 Å². The monoisotopic (exact) mass is 385 g/mol. The van der Waals surface area contributed by atoms with Gasteiger partial charge in [0.1, 0.15) is 0 Å². The van der Waals surface area contributed by atoms with E-state index >= 15 is 0 Å². The lowest BCUT2D eigenvalue weighted by Crippen LogP contribution is -2.22. The predicted octanol–water partition coefficient (Wildman–Crippen LogP) is 3.79. The molecule has 1 heterocycles. The van der Waals surface area contributed by atoms with Crippen LogP contribution in [-0.2, 0) is 6.54 Å². The number of phenols is 1. The van der Waals surface area contributed by atoms with Crippen LogP contribution in [-0.4, -0.2) is 27.9 Å². The van der Waals surface area contributed by atoms with E-state index < -0.39 is 0 Å². The molecule has 0 unspecified atom stereocenters. The number of carbonyl (C=O) groups is 1. The van der Waals surface area contributed by atoms with Crippen molar-refractivity contribution in [3.05, 3.63) is 70.0 Å². The topological polar surface area (TPSA) is 76.4 Å². The minimum absolute atomic E-state index is 0.0624. The van der Waals surface area contributed by atoms with Crippen molar-refractivity contribution in [2.24, 2.45) is 0 Å². The van der Waals surface area contributed by atoms with Gasteiger partial charge in [-0.2, -0.15) is 5.10 Å². The molecule has 0 spiro atoms. The molecule has 1 aromatic heterocycles. The Morgan fingerprint density at radius 3 is 2.52 bits per heavy atom. The second-order valence-electron chi connectivity index (χ2n) is 6.13. The maximum absolute atomic E-state index is 12.4. The number of benzene rings is 2. The smallest absolute Gasteiger partial charge is 0.251 e. The molecule has 1 amide bonds. The first-order chi connectivity index (χ1) is 12.9. The van der Waals surface area contributed by atoms with Gasteiger partial charge in [-0.25, -0.2) is 4.68 Å². The lowest BCUT2D eigenvalue weighted by Gasteiger charge is -2.09. The number of aromatic nitrogens is 2. The number of nitrogens with one attached hydrogen (secondary N) is 1. The number of aromatic hydroxyl groups is 1. The van der Waals surface area contributed by atoms with E-state index in [0.29, 0.717) is 22.9 Å². The van der Waals surface area contributed by atoms with Crippen LogP contribution in [0.2, 0.25) is 5.02 Å². The first-order valence-corrected chi connectivity index (χ1v) is 8.74. The van der Waals surface area contributed by atoms with Crippen LogP contribution in [0, 0.1) is 13.8 Å². The summed E-state index contributed by atoms with van der Waals surface area (Å²) in [5.41, 5.74) is 3.82. The van der Waals surface area contributed by atoms with Gasteiger partial charge in [-0.3, -0.25) is 4.79 Å². The number of aryl methyl sites for hydroxylation is 1. The molecule has 140 valence electrons. The molecule has 0 radical (unpaired) electrons. The van der Waals surface area contributed by atoms with Crippen LogP contribution in [0.5, 0.6) is 11.5 Å². The summed E-state index contributed by atoms with van der Waals surface area (Å²) in [6, 6.07) is 12.1. The molecule has 6 nitrogen and oxygen atoms in total. The van der Waals surface area contributed by atoms with E-state index in [4.69, 9.17) is 16.3 Å². The molecule has 0 aliphatic rings. The van der Waals surface area contributed by atoms with E-state index in [9.17, 15) is 9.90 Å². The number of amides is 1. The van der Waals surface area contributed by atoms with Gasteiger partial charge in [-0.1, -0.05) is 17.7 Å². The fourth-order valence-electron chi connectivity index (χ4n) is 2.75. The molecule has 0 saturated heterocycles. The van der Waals surface area contributed by atoms with E-state index in [1.165, 1.54) is 13.2 Å². The number of hydrogen-bond acceptors (Lipinski definition) is 4. The van der Waals surface area contributed by atoms with Gasteiger partial charge >= 0.3 is 0 Å². The third-order valence-electron chi connectivity index (χ3n) is 4.27. The Morgan fingerprint density at radius 2 is 1.93 bits per heavy atom. The molecule has 0 aliphatic carbocycles. The second-order valence-corrected chi connectivity index (χ2v) is 6.51. The highest BCUT2D eigenvalue weighted by molar-refractivity contribution is 6.31. The lowest BCUT2D eigenvalue weighted by atomic mass is 10.1. The summed E-state index contributed by atoms with van der Waals surface area (Å²) in [5.74, 6) is 0.238. The number of nitrogens with zero attached hydrogens (tertiary/aromatic N) is 2. The molecule has 3 rings (SSSR count). The number of carbonyl (C=O) groups excluding carboxylic acids is 1. The maximum Gasteiger partial charge on any atom is 0.251 e. The Hall–Kier alpha value is -2.99. The lowest BCUT2D eigenvalue weighted by molar-refractivity contribution is 0.0951. The van der Waals surface area contributed by atoms with Crippen molar-refractivity contribution in [1.82, 2.24) is 15.1 Å². The first-order valence-electron chi connectivity index (χ1n) is 8.37. The molecule has 0 bridgehead atoms. The van der Waals surface area contributed by atoms with Gasteiger partial charge in [0, 0.05) is 12.1 Å². The Balaban J connectivity index is 1.70. The van der Waals surface area contributed by atoms with Crippen LogP contribution in [0.4, 0.5) is 0 Å². The highest BCUT2D eigenvalue weighted by Gasteiger charge is 2.12. The molecule has 2 aromatic carbocycles. The standard InChI is InChI=1S/C20H20ClN3O3/c1-12-19(21)13(2)24(23-12)16-7-5-15(6-8-16)20(26)22-11-14-4-9-17(25)18(10-14)27-3/h4-10,25H,11H2,1-3H3,(H,22,26). The van der Waals surface area contributed by atoms with Crippen LogP contribution >= 0.6 is 11.6 Å². The van der Waals surface area contributed by atoms with E-state index in [1.54, 1.807) is 28.9 Å². The van der Waals surface area contributed by atoms with Gasteiger partial charge in [-0.15, -0.1) is 0 Å². The average Bonchev–Trinajstić information content (AvgIpc) is 2.94. The van der Waals surface area contributed by atoms with Crippen LogP contribution in [0.3, 0.4) is 0 Å². The fraction of sp³-hybridized carbons (Fsp3) is 0.200. The third kappa shape index (κ3) is 3.90. The largest absolute Gasteiger partial charge is 0.504 e. The molecule has 0 atom stereocenters. The number of ether oxygens (including phenoxy) is 1. The minimum atomic E-state index is -0.194. The molecule has 0 fully saturated rings. The van der Waals surface area contributed by atoms with Gasteiger partial charge in [-0.05, 0) is 55.8 Å². The van der Waals surface area contributed by atoms with Crippen molar-refractivity contribution in [3.63, 3.8) is 0 Å². The van der Waals surface area contributed by atoms with Gasteiger partial charge in [0.05, 0.1) is 29.2 Å². The highest BCUT2D eigenvalue weighted by Crippen LogP contribution is 2.26. The fourth-order valence-corrected chi connectivity index (χ4v) is 2.86. The molecule has 27 heavy (non-hydrogen) atoms. The number of rotatable bonds is 5. The van der Waals surface area contributed by atoms with Crippen LogP contribution in [0.1, 0.15) is 27.3 Å². The minimum Gasteiger partial charge on any atom is -0.504 e. The summed E-state index contributed by atoms with van der Waals surface area (Å²) in [6.45, 7) is 4.07. The maximum atomic E-state index is 12.4. The van der Waals surface area contributed by atoms with Crippen molar-refractivity contribution in [3.8, 4) is 17.2 Å². The molecular weight excluding hydrogens is 366 g/mol. The van der Waals surface area contributed by atoms with Crippen LogP contribution < -0.4 is 10.1 Å². The molecule has 0 aliphatic heterocycles. The quantitative estimate of drug-likeness (QED) is 0.700. The van der Waals surface area contributed by atoms with Gasteiger partial charge in [0.2, 0.25) is 0 Å². The molecule has 7 heteroatoms. The molecule has 3 aromatic rings. The summed E-state index contributed by atoms with van der Waals surface area (Å²) in [5, 5.41) is 17.5. The summed E-state index contributed by atoms with van der Waals surface area (Å²) in [6.07, 6.45) is 0. The summed E-state index contributed by atoms with van der Waals surface area (Å²) in [7, 11) is 1.48. The molecule has 0 saturated carbocycles. The van der Waals surface area contributed by atoms with E-state index in [1.807, 2.05) is 26.0 Å². The summed E-state index contributed by atoms with van der Waals surface area (Å²) in [4.78, 5) is 12.4. The highest BCUT2D eigenvalue weighted by atomic mass is 35.5. The molecular formula is C20H20ClN3O3. The van der Waals surface area contributed by atoms with Crippen molar-refractivity contribution >= 4 is 17.5 Å². The van der Waals surface area contributed by atoms with Crippen LogP contribution in [0.15, 0.2) is 42.5 Å². The van der Waals surface area contributed by atoms with E-state index in [0.717, 1.165) is 22.6 Å². The van der Waals surface area contributed by atoms with E-state index in [-0.39, 0.29) is 11.7 Å².